The van der Waals surface area contributed by atoms with Crippen LogP contribution >= 0.6 is 15.9 Å². The minimum Gasteiger partial charge on any atom is -0.496 e. The van der Waals surface area contributed by atoms with Crippen molar-refractivity contribution in [3.8, 4) is 5.75 Å². The molecule has 4 rings (SSSR count). The fraction of sp³-hybridized carbons (Fsp3) is 0.500. The second-order valence-corrected chi connectivity index (χ2v) is 10.1. The van der Waals surface area contributed by atoms with E-state index in [1.54, 1.807) is 19.2 Å². The maximum atomic E-state index is 13.2. The summed E-state index contributed by atoms with van der Waals surface area (Å²) in [5, 5.41) is 9.00. The normalized spacial score (nSPS) is 19.5. The van der Waals surface area contributed by atoms with Gasteiger partial charge in [0.05, 0.1) is 12.6 Å². The molecule has 188 valence electrons. The van der Waals surface area contributed by atoms with Crippen molar-refractivity contribution in [1.29, 1.82) is 0 Å². The molecule has 2 fully saturated rings. The summed E-state index contributed by atoms with van der Waals surface area (Å²) < 4.78 is 6.16. The summed E-state index contributed by atoms with van der Waals surface area (Å²) in [6.07, 6.45) is 4.00. The standard InChI is InChI=1S/C24H30BrN5O5/c1-35-19-7-6-15(25)20-14(19)11-18(28-20)24(34)30-17(9-12-4-5-12)23(33)29-16(21(26)31)10-13-3-2-8-27-22(13)32/h6-7,11-13,16-17,28H,2-5,8-10H2,1H3,(H2,26,31)(H,27,32)(H,29,33)(H,30,34)/t13-,16-,17-/m0/s1. The Morgan fingerprint density at radius 2 is 1.94 bits per heavy atom. The lowest BCUT2D eigenvalue weighted by molar-refractivity contribution is -0.131. The number of H-pyrrole nitrogens is 1. The van der Waals surface area contributed by atoms with Crippen molar-refractivity contribution in [3.63, 3.8) is 0 Å². The molecule has 1 saturated carbocycles. The van der Waals surface area contributed by atoms with Crippen LogP contribution in [0.4, 0.5) is 0 Å². The van der Waals surface area contributed by atoms with E-state index in [1.165, 1.54) is 0 Å². The molecule has 4 amide bonds. The predicted octanol–water partition coefficient (Wildman–Crippen LogP) is 1.72. The number of carbonyl (C=O) groups is 4. The molecule has 1 saturated heterocycles. The molecular weight excluding hydrogens is 518 g/mol. The van der Waals surface area contributed by atoms with Gasteiger partial charge in [-0.2, -0.15) is 0 Å². The number of amides is 4. The number of nitrogens with two attached hydrogens (primary N) is 1. The molecule has 0 radical (unpaired) electrons. The zero-order chi connectivity index (χ0) is 25.1. The summed E-state index contributed by atoms with van der Waals surface area (Å²) in [6, 6.07) is 3.45. The Bertz CT molecular complexity index is 1140. The number of nitrogens with one attached hydrogen (secondary N) is 4. The first-order chi connectivity index (χ1) is 16.8. The average Bonchev–Trinajstić information content (AvgIpc) is 3.53. The fourth-order valence-electron chi connectivity index (χ4n) is 4.48. The van der Waals surface area contributed by atoms with Gasteiger partial charge in [-0.1, -0.05) is 12.8 Å². The number of primary amides is 1. The van der Waals surface area contributed by atoms with E-state index in [0.29, 0.717) is 36.6 Å². The third kappa shape index (κ3) is 5.95. The lowest BCUT2D eigenvalue weighted by atomic mass is 9.91. The number of aromatic nitrogens is 1. The van der Waals surface area contributed by atoms with Crippen LogP contribution in [0.15, 0.2) is 22.7 Å². The molecule has 1 aliphatic heterocycles. The molecule has 1 aliphatic carbocycles. The molecule has 2 aromatic rings. The number of hydrogen-bond acceptors (Lipinski definition) is 5. The number of benzene rings is 1. The summed E-state index contributed by atoms with van der Waals surface area (Å²) in [6.45, 7) is 0.606. The highest BCUT2D eigenvalue weighted by Gasteiger charge is 2.34. The Kier molecular flexibility index (Phi) is 7.63. The lowest BCUT2D eigenvalue weighted by Gasteiger charge is -2.27. The average molecular weight is 548 g/mol. The third-order valence-corrected chi connectivity index (χ3v) is 7.30. The van der Waals surface area contributed by atoms with Crippen molar-refractivity contribution in [2.75, 3.05) is 13.7 Å². The van der Waals surface area contributed by atoms with Crippen molar-refractivity contribution < 1.29 is 23.9 Å². The summed E-state index contributed by atoms with van der Waals surface area (Å²) >= 11 is 3.47. The number of methoxy groups -OCH3 is 1. The maximum Gasteiger partial charge on any atom is 0.268 e. The Morgan fingerprint density at radius 1 is 1.17 bits per heavy atom. The van der Waals surface area contributed by atoms with Gasteiger partial charge in [-0.25, -0.2) is 0 Å². The van der Waals surface area contributed by atoms with Crippen molar-refractivity contribution in [2.24, 2.45) is 17.6 Å². The minimum atomic E-state index is -0.997. The van der Waals surface area contributed by atoms with Gasteiger partial charge >= 0.3 is 0 Å². The summed E-state index contributed by atoms with van der Waals surface area (Å²) in [7, 11) is 1.55. The Hall–Kier alpha value is -3.08. The van der Waals surface area contributed by atoms with Gasteiger partial charge < -0.3 is 31.4 Å². The predicted molar refractivity (Wildman–Crippen MR) is 133 cm³/mol. The largest absolute Gasteiger partial charge is 0.496 e. The van der Waals surface area contributed by atoms with Crippen LogP contribution in [0, 0.1) is 11.8 Å². The van der Waals surface area contributed by atoms with Crippen molar-refractivity contribution in [2.45, 2.75) is 50.6 Å². The number of fused-ring (bicyclic) bond motifs is 1. The van der Waals surface area contributed by atoms with Crippen molar-refractivity contribution in [3.05, 3.63) is 28.4 Å². The second-order valence-electron chi connectivity index (χ2n) is 9.26. The van der Waals surface area contributed by atoms with Gasteiger partial charge in [-0.3, -0.25) is 19.2 Å². The van der Waals surface area contributed by atoms with Crippen LogP contribution in [0.1, 0.15) is 49.0 Å². The minimum absolute atomic E-state index is 0.132. The molecule has 0 bridgehead atoms. The monoisotopic (exact) mass is 547 g/mol. The number of carbonyl (C=O) groups excluding carboxylic acids is 4. The highest BCUT2D eigenvalue weighted by molar-refractivity contribution is 9.10. The first-order valence-corrected chi connectivity index (χ1v) is 12.6. The van der Waals surface area contributed by atoms with Crippen LogP contribution in [0.5, 0.6) is 5.75 Å². The zero-order valence-corrected chi connectivity index (χ0v) is 21.1. The van der Waals surface area contributed by atoms with Gasteiger partial charge in [0.2, 0.25) is 17.7 Å². The van der Waals surface area contributed by atoms with Crippen LogP contribution in [0.3, 0.4) is 0 Å². The molecule has 3 atom stereocenters. The number of hydrogen-bond donors (Lipinski definition) is 5. The Labute approximate surface area is 211 Å². The Balaban J connectivity index is 1.48. The lowest BCUT2D eigenvalue weighted by Crippen LogP contribution is -2.54. The number of halogens is 1. The first kappa shape index (κ1) is 25.0. The van der Waals surface area contributed by atoms with Gasteiger partial charge in [-0.15, -0.1) is 0 Å². The number of aromatic amines is 1. The molecule has 11 heteroatoms. The number of ether oxygens (including phenoxy) is 1. The summed E-state index contributed by atoms with van der Waals surface area (Å²) in [4.78, 5) is 53.5. The molecule has 0 spiro atoms. The molecule has 1 aromatic carbocycles. The van der Waals surface area contributed by atoms with E-state index in [1.807, 2.05) is 6.07 Å². The molecule has 2 aliphatic rings. The first-order valence-electron chi connectivity index (χ1n) is 11.8. The second kappa shape index (κ2) is 10.7. The Morgan fingerprint density at radius 3 is 2.60 bits per heavy atom. The van der Waals surface area contributed by atoms with Gasteiger partial charge in [0, 0.05) is 22.3 Å². The van der Waals surface area contributed by atoms with Gasteiger partial charge in [-0.05, 0) is 65.7 Å². The van der Waals surface area contributed by atoms with E-state index in [4.69, 9.17) is 10.5 Å². The van der Waals surface area contributed by atoms with Crippen LogP contribution in [0.25, 0.3) is 10.9 Å². The topological polar surface area (TPSA) is 155 Å². The van der Waals surface area contributed by atoms with E-state index in [0.717, 1.165) is 29.1 Å². The fourth-order valence-corrected chi connectivity index (χ4v) is 4.92. The summed E-state index contributed by atoms with van der Waals surface area (Å²) in [5.74, 6) is -1.22. The molecule has 35 heavy (non-hydrogen) atoms. The van der Waals surface area contributed by atoms with Gasteiger partial charge in [0.15, 0.2) is 0 Å². The SMILES string of the molecule is COc1ccc(Br)c2[nH]c(C(=O)N[C@@H](CC3CC3)C(=O)N[C@@H](C[C@@H]3CCCNC3=O)C(N)=O)cc12. The van der Waals surface area contributed by atoms with Crippen molar-refractivity contribution >= 4 is 50.5 Å². The van der Waals surface area contributed by atoms with E-state index < -0.39 is 35.7 Å². The quantitative estimate of drug-likeness (QED) is 0.306. The van der Waals surface area contributed by atoms with Crippen molar-refractivity contribution in [1.82, 2.24) is 20.9 Å². The maximum absolute atomic E-state index is 13.2. The smallest absolute Gasteiger partial charge is 0.268 e. The van der Waals surface area contributed by atoms with Crippen LogP contribution < -0.4 is 26.4 Å². The van der Waals surface area contributed by atoms with E-state index >= 15 is 0 Å². The van der Waals surface area contributed by atoms with E-state index in [2.05, 4.69) is 36.9 Å². The van der Waals surface area contributed by atoms with E-state index in [9.17, 15) is 19.2 Å². The number of piperidine rings is 1. The molecule has 1 aromatic heterocycles. The van der Waals surface area contributed by atoms with Crippen LogP contribution in [-0.4, -0.2) is 54.4 Å². The highest BCUT2D eigenvalue weighted by Crippen LogP contribution is 2.34. The van der Waals surface area contributed by atoms with Gasteiger partial charge in [0.1, 0.15) is 23.5 Å². The van der Waals surface area contributed by atoms with Crippen LogP contribution in [0.2, 0.25) is 0 Å². The molecule has 6 N–H and O–H groups in total. The van der Waals surface area contributed by atoms with Crippen LogP contribution in [-0.2, 0) is 14.4 Å². The number of rotatable bonds is 10. The molecular formula is C24H30BrN5O5. The highest BCUT2D eigenvalue weighted by atomic mass is 79.9. The molecule has 10 nitrogen and oxygen atoms in total. The third-order valence-electron chi connectivity index (χ3n) is 6.63. The molecule has 2 heterocycles. The van der Waals surface area contributed by atoms with Gasteiger partial charge in [0.25, 0.3) is 5.91 Å². The molecule has 0 unspecified atom stereocenters. The zero-order valence-electron chi connectivity index (χ0n) is 19.5. The van der Waals surface area contributed by atoms with E-state index in [-0.39, 0.29) is 18.0 Å². The summed E-state index contributed by atoms with van der Waals surface area (Å²) in [5.41, 5.74) is 6.53.